The minimum atomic E-state index is -2.85. The Hall–Kier alpha value is -6.67. The molecule has 2 saturated carbocycles. The number of nitrogens with two attached hydrogens (primary N) is 2. The second-order valence-electron chi connectivity index (χ2n) is 19.4. The molecule has 1 saturated heterocycles. The van der Waals surface area contributed by atoms with Crippen LogP contribution in [0.3, 0.4) is 0 Å². The summed E-state index contributed by atoms with van der Waals surface area (Å²) in [5, 5.41) is 34.7. The van der Waals surface area contributed by atoms with Gasteiger partial charge in [0.05, 0.1) is 39.3 Å². The molecule has 69 heavy (non-hydrogen) atoms. The Bertz CT molecular complexity index is 3150. The molecule has 1 aliphatic heterocycles. The molecule has 0 radical (unpaired) electrons. The number of nitrogens with zero attached hydrogens (tertiary/aromatic N) is 4. The van der Waals surface area contributed by atoms with Gasteiger partial charge in [0, 0.05) is 68.4 Å². The van der Waals surface area contributed by atoms with E-state index >= 15 is 4.39 Å². The molecule has 1 unspecified atom stereocenters. The molecule has 4 aromatic rings. The van der Waals surface area contributed by atoms with Crippen LogP contribution in [0.4, 0.5) is 20.2 Å². The number of anilines is 2. The molecular formula is C49H47ClF2N6O11. The van der Waals surface area contributed by atoms with Crippen molar-refractivity contribution in [2.45, 2.75) is 62.0 Å². The van der Waals surface area contributed by atoms with E-state index < -0.39 is 99.0 Å². The highest BCUT2D eigenvalue weighted by molar-refractivity contribution is 6.38. The summed E-state index contributed by atoms with van der Waals surface area (Å²) in [6.45, 7) is 0.783. The number of alkyl halides is 1. The summed E-state index contributed by atoms with van der Waals surface area (Å²) in [4.78, 5) is 88.3. The van der Waals surface area contributed by atoms with Crippen LogP contribution in [-0.4, -0.2) is 119 Å². The smallest absolute Gasteiger partial charge is 0.349 e. The third-order valence-electron chi connectivity index (χ3n) is 14.9. The van der Waals surface area contributed by atoms with Crippen molar-refractivity contribution < 1.29 is 57.5 Å². The number of Topliss-reactive ketones (excluding diaryl/α,β-unsaturated/α-hetero) is 2. The number of allylic oxidation sites excluding steroid dienone is 1. The van der Waals surface area contributed by atoms with E-state index in [1.54, 1.807) is 30.0 Å². The number of primary amides is 1. The molecule has 10 rings (SSSR count). The van der Waals surface area contributed by atoms with Crippen LogP contribution < -0.4 is 36.2 Å². The highest BCUT2D eigenvalue weighted by atomic mass is 35.5. The van der Waals surface area contributed by atoms with Crippen molar-refractivity contribution in [2.24, 2.45) is 28.7 Å². The number of para-hydroxylation sites is 1. The first-order chi connectivity index (χ1) is 32.6. The van der Waals surface area contributed by atoms with Crippen molar-refractivity contribution in [3.63, 3.8) is 0 Å². The molecule has 0 bridgehead atoms. The monoisotopic (exact) mass is 968 g/mol. The van der Waals surface area contributed by atoms with Crippen molar-refractivity contribution in [2.75, 3.05) is 51.1 Å². The first kappa shape index (κ1) is 46.1. The lowest BCUT2D eigenvalue weighted by Crippen LogP contribution is -2.63. The molecule has 5 aliphatic carbocycles. The fourth-order valence-electron chi connectivity index (χ4n) is 11.2. The van der Waals surface area contributed by atoms with Crippen molar-refractivity contribution in [1.82, 2.24) is 9.47 Å². The Kier molecular flexibility index (Phi) is 10.6. The Morgan fingerprint density at radius 1 is 0.957 bits per heavy atom. The zero-order valence-electron chi connectivity index (χ0n) is 37.7. The number of benzene rings is 3. The summed E-state index contributed by atoms with van der Waals surface area (Å²) < 4.78 is 43.8. The number of esters is 2. The van der Waals surface area contributed by atoms with Gasteiger partial charge in [0.25, 0.3) is 5.91 Å². The van der Waals surface area contributed by atoms with E-state index in [1.807, 2.05) is 0 Å². The summed E-state index contributed by atoms with van der Waals surface area (Å²) in [7, 11) is 6.51. The second-order valence-corrected chi connectivity index (χ2v) is 19.8. The van der Waals surface area contributed by atoms with Gasteiger partial charge in [-0.2, -0.15) is 0 Å². The number of pyridine rings is 1. The van der Waals surface area contributed by atoms with Gasteiger partial charge in [0.2, 0.25) is 11.2 Å². The summed E-state index contributed by atoms with van der Waals surface area (Å²) in [5.74, 6) is -11.3. The molecule has 2 heterocycles. The Labute approximate surface area is 397 Å². The predicted octanol–water partition coefficient (Wildman–Crippen LogP) is 4.24. The molecule has 3 fully saturated rings. The van der Waals surface area contributed by atoms with E-state index in [0.717, 1.165) is 25.1 Å². The molecule has 17 nitrogen and oxygen atoms in total. The molecule has 1 aromatic heterocycles. The molecule has 20 heteroatoms. The number of rotatable bonds is 9. The third kappa shape index (κ3) is 6.87. The van der Waals surface area contributed by atoms with Crippen LogP contribution in [-0.2, 0) is 16.0 Å². The normalized spacial score (nSPS) is 26.6. The number of ketones is 2. The van der Waals surface area contributed by atoms with Gasteiger partial charge in [0.15, 0.2) is 11.4 Å². The SMILES string of the molecule is CN(C)c1ccc(OC(=O)c2ccccc2OC(=O)c2cn(C3C[C@@H]3F)c3c(Cl)c(N4C[C@@H](N)C5(CC5)C4)c(F)cc3c2=O)c2c1C[C@@H]1C[C@@H]3[C@@H](N(C)C)C(O)=C(C(N)=O)C(=O)[C@]3(O)C(O)=C1C2=O. The average molecular weight is 969 g/mol. The van der Waals surface area contributed by atoms with E-state index in [0.29, 0.717) is 24.3 Å². The largest absolute Gasteiger partial charge is 0.510 e. The van der Waals surface area contributed by atoms with Crippen molar-refractivity contribution in [1.29, 1.82) is 0 Å². The van der Waals surface area contributed by atoms with E-state index in [1.165, 1.54) is 53.9 Å². The van der Waals surface area contributed by atoms with Gasteiger partial charge in [-0.05, 0) is 81.6 Å². The van der Waals surface area contributed by atoms with Crippen molar-refractivity contribution in [3.05, 3.63) is 115 Å². The number of hydrogen-bond donors (Lipinski definition) is 5. The third-order valence-corrected chi connectivity index (χ3v) is 15.3. The number of likely N-dealkylation sites (N-methyl/N-ethyl adjacent to an activating group) is 1. The number of amides is 1. The van der Waals surface area contributed by atoms with Crippen LogP contribution in [0, 0.1) is 23.1 Å². The molecule has 3 aromatic carbocycles. The Morgan fingerprint density at radius 2 is 1.62 bits per heavy atom. The Balaban J connectivity index is 0.987. The number of ether oxygens (including phenoxy) is 2. The first-order valence-electron chi connectivity index (χ1n) is 22.3. The van der Waals surface area contributed by atoms with E-state index in [9.17, 15) is 48.5 Å². The van der Waals surface area contributed by atoms with Crippen molar-refractivity contribution in [3.8, 4) is 11.5 Å². The maximum Gasteiger partial charge on any atom is 0.349 e. The molecule has 1 amide bonds. The Morgan fingerprint density at radius 3 is 2.25 bits per heavy atom. The summed E-state index contributed by atoms with van der Waals surface area (Å²) in [6, 6.07) is 7.07. The topological polar surface area (TPSA) is 248 Å². The van der Waals surface area contributed by atoms with Gasteiger partial charge in [0.1, 0.15) is 51.7 Å². The number of carbonyl (C=O) groups excluding carboxylic acids is 5. The van der Waals surface area contributed by atoms with Gasteiger partial charge in [-0.15, -0.1) is 0 Å². The fraction of sp³-hybridized carbons (Fsp3) is 0.388. The molecule has 7 atom stereocenters. The van der Waals surface area contributed by atoms with Crippen LogP contribution in [0.1, 0.15) is 68.4 Å². The fourth-order valence-corrected chi connectivity index (χ4v) is 11.6. The number of fused-ring (bicyclic) bond motifs is 4. The summed E-state index contributed by atoms with van der Waals surface area (Å²) >= 11 is 6.90. The number of aliphatic hydroxyl groups is 3. The quantitative estimate of drug-likeness (QED) is 0.0895. The first-order valence-corrected chi connectivity index (χ1v) is 22.7. The lowest BCUT2D eigenvalue weighted by atomic mass is 9.58. The number of halogens is 3. The summed E-state index contributed by atoms with van der Waals surface area (Å²) in [6.07, 6.45) is 1.49. The molecule has 1 spiro atoms. The van der Waals surface area contributed by atoms with Crippen LogP contribution in [0.15, 0.2) is 76.1 Å². The van der Waals surface area contributed by atoms with Crippen LogP contribution in [0.5, 0.6) is 11.5 Å². The predicted molar refractivity (Wildman–Crippen MR) is 246 cm³/mol. The molecule has 6 aliphatic rings. The maximum absolute atomic E-state index is 16.1. The van der Waals surface area contributed by atoms with E-state index in [4.69, 9.17) is 32.5 Å². The highest BCUT2D eigenvalue weighted by Gasteiger charge is 2.63. The summed E-state index contributed by atoms with van der Waals surface area (Å²) in [5.41, 5.74) is 6.48. The minimum Gasteiger partial charge on any atom is -0.510 e. The van der Waals surface area contributed by atoms with Crippen LogP contribution >= 0.6 is 11.6 Å². The van der Waals surface area contributed by atoms with Gasteiger partial charge < -0.3 is 50.6 Å². The van der Waals surface area contributed by atoms with Gasteiger partial charge in [-0.3, -0.25) is 24.1 Å². The number of aliphatic hydroxyl groups excluding tert-OH is 2. The average Bonchev–Trinajstić information content (AvgIpc) is 4.20. The van der Waals surface area contributed by atoms with Gasteiger partial charge in [-0.25, -0.2) is 18.4 Å². The lowest BCUT2D eigenvalue weighted by molar-refractivity contribution is -0.148. The van der Waals surface area contributed by atoms with Crippen LogP contribution in [0.25, 0.3) is 10.9 Å². The van der Waals surface area contributed by atoms with Crippen molar-refractivity contribution >= 4 is 63.3 Å². The highest BCUT2D eigenvalue weighted by Crippen LogP contribution is 2.55. The van der Waals surface area contributed by atoms with E-state index in [-0.39, 0.29) is 80.5 Å². The standard InChI is InChI=1S/C49H47ClF2N6O11/c1-55(2)28-9-10-31(34-22(28)13-20-14-25-38(56(3)4)42(61)35(45(54)64)44(63)49(25,67)43(62)33(20)41(34)60)69-46(65)21-7-5-6-8-30(21)68-47(66)24-17-58(29-16-26(29)51)37-23(40(24)59)15-27(52)39(36(37)50)57-18-32(53)48(19-57)11-12-48/h5-10,15,17,20,25-26,29,32,38,61-62,67H,11-14,16,18-19,53H2,1-4H3,(H2,54,64)/t20-,25-,26+,29?,32-,38-,49-/m1/s1. The van der Waals surface area contributed by atoms with Gasteiger partial charge >= 0.3 is 11.9 Å². The number of hydrogen-bond acceptors (Lipinski definition) is 15. The zero-order chi connectivity index (χ0) is 49.5. The lowest BCUT2D eigenvalue weighted by Gasteiger charge is -2.50. The molecular weight excluding hydrogens is 922 g/mol. The van der Waals surface area contributed by atoms with E-state index in [2.05, 4.69) is 0 Å². The number of aromatic nitrogens is 1. The van der Waals surface area contributed by atoms with Crippen LogP contribution in [0.2, 0.25) is 5.02 Å². The molecule has 7 N–H and O–H groups in total. The van der Waals surface area contributed by atoms with Gasteiger partial charge in [-0.1, -0.05) is 23.7 Å². The second kappa shape index (κ2) is 15.9. The number of carbonyl (C=O) groups is 5. The minimum absolute atomic E-state index is 0.0263. The maximum atomic E-state index is 16.1. The zero-order valence-corrected chi connectivity index (χ0v) is 38.5. The molecule has 360 valence electrons.